The summed E-state index contributed by atoms with van der Waals surface area (Å²) in [5.74, 6) is 0.290. The van der Waals surface area contributed by atoms with Crippen molar-refractivity contribution >= 4 is 27.3 Å². The number of nitrogens with zero attached hydrogens (tertiary/aromatic N) is 2. The minimum absolute atomic E-state index is 0.252. The Morgan fingerprint density at radius 1 is 1.42 bits per heavy atom. The van der Waals surface area contributed by atoms with Gasteiger partial charge in [0, 0.05) is 35.3 Å². The first-order valence-electron chi connectivity index (χ1n) is 8.70. The molecule has 6 nitrogen and oxygen atoms in total. The standard InChI is InChI=1S/C19H21N3O3S/c1-12-8-16(21-25-12)19(24)20-15-6-7-22(11-17(15)23)10-14-9-13-4-2-3-5-18(13)26-14/h2-5,8-9,15,17,23H,6-7,10-11H2,1H3,(H,20,24)/t15-,17-/m1/s1. The summed E-state index contributed by atoms with van der Waals surface area (Å²) in [5, 5.41) is 18.3. The SMILES string of the molecule is Cc1cc(C(=O)N[C@@H]2CCN(Cc3cc4ccccc4s3)C[C@H]2O)no1. The van der Waals surface area contributed by atoms with E-state index in [0.29, 0.717) is 18.7 Å². The van der Waals surface area contributed by atoms with Crippen LogP contribution in [0.3, 0.4) is 0 Å². The van der Waals surface area contributed by atoms with E-state index in [1.54, 1.807) is 24.3 Å². The predicted molar refractivity (Wildman–Crippen MR) is 100 cm³/mol. The molecule has 0 radical (unpaired) electrons. The maximum Gasteiger partial charge on any atom is 0.273 e. The van der Waals surface area contributed by atoms with Crippen molar-refractivity contribution in [3.63, 3.8) is 0 Å². The highest BCUT2D eigenvalue weighted by Gasteiger charge is 2.29. The maximum absolute atomic E-state index is 12.2. The molecule has 1 aliphatic rings. The molecule has 4 rings (SSSR count). The van der Waals surface area contributed by atoms with Crippen LogP contribution in [-0.2, 0) is 6.54 Å². The first-order chi connectivity index (χ1) is 12.6. The van der Waals surface area contributed by atoms with Crippen molar-refractivity contribution in [2.24, 2.45) is 0 Å². The van der Waals surface area contributed by atoms with Crippen LogP contribution < -0.4 is 5.32 Å². The van der Waals surface area contributed by atoms with E-state index >= 15 is 0 Å². The molecule has 0 saturated carbocycles. The number of benzene rings is 1. The number of β-amino-alcohol motifs (C(OH)–C–C–N with tert-alkyl or cyclic N) is 1. The van der Waals surface area contributed by atoms with E-state index in [2.05, 4.69) is 39.6 Å². The van der Waals surface area contributed by atoms with E-state index in [4.69, 9.17) is 4.52 Å². The van der Waals surface area contributed by atoms with Gasteiger partial charge < -0.3 is 14.9 Å². The molecule has 0 aliphatic carbocycles. The fourth-order valence-electron chi connectivity index (χ4n) is 3.36. The number of hydrogen-bond acceptors (Lipinski definition) is 6. The monoisotopic (exact) mass is 371 g/mol. The summed E-state index contributed by atoms with van der Waals surface area (Å²) in [4.78, 5) is 15.7. The van der Waals surface area contributed by atoms with E-state index in [1.807, 2.05) is 6.07 Å². The van der Waals surface area contributed by atoms with Crippen molar-refractivity contribution in [3.8, 4) is 0 Å². The number of rotatable bonds is 4. The number of aliphatic hydroxyl groups excluding tert-OH is 1. The summed E-state index contributed by atoms with van der Waals surface area (Å²) in [6.45, 7) is 3.93. The predicted octanol–water partition coefficient (Wildman–Crippen LogP) is 2.56. The van der Waals surface area contributed by atoms with Gasteiger partial charge in [-0.2, -0.15) is 0 Å². The van der Waals surface area contributed by atoms with Crippen LogP contribution in [0.1, 0.15) is 27.5 Å². The lowest BCUT2D eigenvalue weighted by atomic mass is 10.0. The van der Waals surface area contributed by atoms with Crippen molar-refractivity contribution in [2.75, 3.05) is 13.1 Å². The molecule has 0 unspecified atom stereocenters. The summed E-state index contributed by atoms with van der Waals surface area (Å²) in [6.07, 6.45) is 0.101. The van der Waals surface area contributed by atoms with Crippen LogP contribution in [0, 0.1) is 6.92 Å². The molecule has 1 amide bonds. The highest BCUT2D eigenvalue weighted by atomic mass is 32.1. The van der Waals surface area contributed by atoms with Crippen molar-refractivity contribution in [3.05, 3.63) is 52.7 Å². The molecule has 7 heteroatoms. The fourth-order valence-corrected chi connectivity index (χ4v) is 4.47. The Bertz CT molecular complexity index is 887. The molecule has 2 atom stereocenters. The van der Waals surface area contributed by atoms with Gasteiger partial charge in [-0.15, -0.1) is 11.3 Å². The van der Waals surface area contributed by atoms with Gasteiger partial charge in [-0.1, -0.05) is 23.4 Å². The molecule has 1 aliphatic heterocycles. The Labute approximate surface area is 155 Å². The zero-order chi connectivity index (χ0) is 18.1. The number of aromatic nitrogens is 1. The normalized spacial score (nSPS) is 21.2. The minimum Gasteiger partial charge on any atom is -0.390 e. The van der Waals surface area contributed by atoms with Crippen molar-refractivity contribution in [1.82, 2.24) is 15.4 Å². The summed E-state index contributed by atoms with van der Waals surface area (Å²) < 4.78 is 6.21. The Balaban J connectivity index is 1.35. The lowest BCUT2D eigenvalue weighted by molar-refractivity contribution is 0.0351. The third-order valence-corrected chi connectivity index (χ3v) is 5.80. The number of hydrogen-bond donors (Lipinski definition) is 2. The van der Waals surface area contributed by atoms with Gasteiger partial charge in [-0.3, -0.25) is 9.69 Å². The average molecular weight is 371 g/mol. The number of fused-ring (bicyclic) bond motifs is 1. The molecule has 3 heterocycles. The third kappa shape index (κ3) is 3.65. The zero-order valence-corrected chi connectivity index (χ0v) is 15.3. The summed E-state index contributed by atoms with van der Waals surface area (Å²) >= 11 is 1.79. The Kier molecular flexibility index (Phi) is 4.76. The second kappa shape index (κ2) is 7.19. The van der Waals surface area contributed by atoms with E-state index in [9.17, 15) is 9.90 Å². The van der Waals surface area contributed by atoms with Gasteiger partial charge in [0.1, 0.15) is 5.76 Å². The molecule has 1 saturated heterocycles. The number of nitrogens with one attached hydrogen (secondary N) is 1. The van der Waals surface area contributed by atoms with Crippen LogP contribution in [0.25, 0.3) is 10.1 Å². The quantitative estimate of drug-likeness (QED) is 0.737. The van der Waals surface area contributed by atoms with Gasteiger partial charge in [0.25, 0.3) is 5.91 Å². The van der Waals surface area contributed by atoms with Gasteiger partial charge in [0.05, 0.1) is 12.1 Å². The molecule has 0 spiro atoms. The average Bonchev–Trinajstić information content (AvgIpc) is 3.22. The first-order valence-corrected chi connectivity index (χ1v) is 9.52. The van der Waals surface area contributed by atoms with Gasteiger partial charge in [-0.25, -0.2) is 0 Å². The number of aryl methyl sites for hydroxylation is 1. The van der Waals surface area contributed by atoms with Gasteiger partial charge in [0.2, 0.25) is 0 Å². The van der Waals surface area contributed by atoms with Crippen molar-refractivity contribution in [2.45, 2.75) is 32.0 Å². The van der Waals surface area contributed by atoms with Crippen LogP contribution in [-0.4, -0.2) is 46.3 Å². The maximum atomic E-state index is 12.2. The third-order valence-electron chi connectivity index (χ3n) is 4.70. The molecule has 136 valence electrons. The van der Waals surface area contributed by atoms with Gasteiger partial charge in [-0.05, 0) is 30.9 Å². The highest BCUT2D eigenvalue weighted by molar-refractivity contribution is 7.19. The first kappa shape index (κ1) is 17.2. The Hall–Kier alpha value is -2.22. The number of amides is 1. The lowest BCUT2D eigenvalue weighted by Gasteiger charge is -2.35. The Morgan fingerprint density at radius 3 is 3.00 bits per heavy atom. The Morgan fingerprint density at radius 2 is 2.27 bits per heavy atom. The number of thiophene rings is 1. The van der Waals surface area contributed by atoms with Crippen molar-refractivity contribution in [1.29, 1.82) is 0 Å². The number of likely N-dealkylation sites (tertiary alicyclic amines) is 1. The molecular weight excluding hydrogens is 350 g/mol. The molecular formula is C19H21N3O3S. The van der Waals surface area contributed by atoms with Crippen LogP contribution in [0.4, 0.5) is 0 Å². The number of carbonyl (C=O) groups is 1. The molecule has 26 heavy (non-hydrogen) atoms. The lowest BCUT2D eigenvalue weighted by Crippen LogP contribution is -2.53. The highest BCUT2D eigenvalue weighted by Crippen LogP contribution is 2.27. The molecule has 1 aromatic carbocycles. The molecule has 1 fully saturated rings. The minimum atomic E-state index is -0.602. The van der Waals surface area contributed by atoms with E-state index in [1.165, 1.54) is 15.0 Å². The fraction of sp³-hybridized carbons (Fsp3) is 0.368. The second-order valence-electron chi connectivity index (χ2n) is 6.74. The van der Waals surface area contributed by atoms with Crippen LogP contribution in [0.5, 0.6) is 0 Å². The van der Waals surface area contributed by atoms with E-state index < -0.39 is 6.10 Å². The van der Waals surface area contributed by atoms with Crippen molar-refractivity contribution < 1.29 is 14.4 Å². The van der Waals surface area contributed by atoms with Gasteiger partial charge >= 0.3 is 0 Å². The number of aliphatic hydroxyl groups is 1. The molecule has 2 N–H and O–H groups in total. The number of piperidine rings is 1. The van der Waals surface area contributed by atoms with Crippen LogP contribution >= 0.6 is 11.3 Å². The summed E-state index contributed by atoms with van der Waals surface area (Å²) in [6, 6.07) is 11.9. The van der Waals surface area contributed by atoms with Crippen LogP contribution in [0.15, 0.2) is 40.9 Å². The largest absolute Gasteiger partial charge is 0.390 e. The zero-order valence-electron chi connectivity index (χ0n) is 14.5. The van der Waals surface area contributed by atoms with Crippen LogP contribution in [0.2, 0.25) is 0 Å². The number of carbonyl (C=O) groups excluding carboxylic acids is 1. The second-order valence-corrected chi connectivity index (χ2v) is 7.91. The molecule has 2 aromatic heterocycles. The van der Waals surface area contributed by atoms with Gasteiger partial charge in [0.15, 0.2) is 5.69 Å². The van der Waals surface area contributed by atoms with E-state index in [0.717, 1.165) is 13.1 Å². The molecule has 0 bridgehead atoms. The summed E-state index contributed by atoms with van der Waals surface area (Å²) in [7, 11) is 0. The molecule has 3 aromatic rings. The topological polar surface area (TPSA) is 78.6 Å². The summed E-state index contributed by atoms with van der Waals surface area (Å²) in [5.41, 5.74) is 0.252. The van der Waals surface area contributed by atoms with E-state index in [-0.39, 0.29) is 17.6 Å². The smallest absolute Gasteiger partial charge is 0.273 e.